The standard InChI is InChI=1S/C28H27BrN2O5S/c29-23-15-37-25(30-23)28(36-14-24(32)33)11-9-27(10-12-28)16-31(17-27)26(34)35-13-22-20-7-3-1-5-18(20)19-6-2-4-8-21(19)22/h1-8,15,22H,9-14,16-17H2,(H,32,33). The summed E-state index contributed by atoms with van der Waals surface area (Å²) in [5, 5.41) is 11.9. The predicted molar refractivity (Wildman–Crippen MR) is 143 cm³/mol. The molecule has 0 atom stereocenters. The maximum atomic E-state index is 13.0. The summed E-state index contributed by atoms with van der Waals surface area (Å²) in [7, 11) is 0. The van der Waals surface area contributed by atoms with Gasteiger partial charge in [-0.05, 0) is 63.9 Å². The number of carbonyl (C=O) groups is 2. The number of aromatic nitrogens is 1. The molecule has 1 amide bonds. The van der Waals surface area contributed by atoms with E-state index in [9.17, 15) is 14.7 Å². The van der Waals surface area contributed by atoms with Crippen molar-refractivity contribution in [2.24, 2.45) is 5.41 Å². The molecule has 7 nitrogen and oxygen atoms in total. The zero-order chi connectivity index (χ0) is 25.6. The lowest BCUT2D eigenvalue weighted by Gasteiger charge is -2.54. The summed E-state index contributed by atoms with van der Waals surface area (Å²) in [6.45, 7) is 1.28. The summed E-state index contributed by atoms with van der Waals surface area (Å²) in [5.41, 5.74) is 4.17. The number of fused-ring (bicyclic) bond motifs is 3. The van der Waals surface area contributed by atoms with E-state index in [1.807, 2.05) is 29.6 Å². The third kappa shape index (κ3) is 4.47. The van der Waals surface area contributed by atoms with E-state index in [1.165, 1.54) is 33.6 Å². The Bertz CT molecular complexity index is 1300. The summed E-state index contributed by atoms with van der Waals surface area (Å²) in [4.78, 5) is 30.5. The molecule has 0 bridgehead atoms. The lowest BCUT2D eigenvalue weighted by Crippen LogP contribution is -2.61. The Hall–Kier alpha value is -2.75. The molecule has 9 heteroatoms. The van der Waals surface area contributed by atoms with Crippen LogP contribution in [0.3, 0.4) is 0 Å². The predicted octanol–water partition coefficient (Wildman–Crippen LogP) is 6.03. The fourth-order valence-corrected chi connectivity index (χ4v) is 7.63. The number of hydrogen-bond acceptors (Lipinski definition) is 6. The van der Waals surface area contributed by atoms with Gasteiger partial charge in [0.1, 0.15) is 28.4 Å². The van der Waals surface area contributed by atoms with Crippen molar-refractivity contribution in [2.45, 2.75) is 37.2 Å². The quantitative estimate of drug-likeness (QED) is 0.382. The molecule has 1 saturated heterocycles. The maximum absolute atomic E-state index is 13.0. The van der Waals surface area contributed by atoms with E-state index in [0.717, 1.165) is 22.5 Å². The number of hydrogen-bond donors (Lipinski definition) is 1. The van der Waals surface area contributed by atoms with E-state index < -0.39 is 11.6 Å². The number of benzene rings is 2. The molecule has 2 aromatic carbocycles. The van der Waals surface area contributed by atoms with Crippen LogP contribution in [-0.4, -0.2) is 53.4 Å². The number of aliphatic carboxylic acids is 1. The number of carbonyl (C=O) groups excluding carboxylic acids is 1. The number of amides is 1. The number of halogens is 1. The Balaban J connectivity index is 1.07. The normalized spacial score (nSPS) is 19.2. The molecule has 0 radical (unpaired) electrons. The van der Waals surface area contributed by atoms with Crippen molar-refractivity contribution < 1.29 is 24.2 Å². The fraction of sp³-hybridized carbons (Fsp3) is 0.393. The highest BCUT2D eigenvalue weighted by molar-refractivity contribution is 9.10. The first-order valence-corrected chi connectivity index (χ1v) is 14.1. The second-order valence-corrected chi connectivity index (χ2v) is 12.0. The number of carboxylic acid groups (broad SMARTS) is 1. The van der Waals surface area contributed by atoms with Gasteiger partial charge in [-0.25, -0.2) is 14.6 Å². The first kappa shape index (κ1) is 24.6. The van der Waals surface area contributed by atoms with Crippen LogP contribution < -0.4 is 0 Å². The summed E-state index contributed by atoms with van der Waals surface area (Å²) < 4.78 is 12.5. The molecule has 2 heterocycles. The Morgan fingerprint density at radius 3 is 2.22 bits per heavy atom. The summed E-state index contributed by atoms with van der Waals surface area (Å²) in [6.07, 6.45) is 2.78. The van der Waals surface area contributed by atoms with Crippen LogP contribution in [0.15, 0.2) is 58.5 Å². The molecule has 1 aliphatic heterocycles. The molecule has 2 fully saturated rings. The largest absolute Gasteiger partial charge is 0.480 e. The third-order valence-electron chi connectivity index (χ3n) is 8.10. The summed E-state index contributed by atoms with van der Waals surface area (Å²) in [5.74, 6) is -0.939. The SMILES string of the molecule is O=C(O)COC1(c2nc(Br)cs2)CCC2(CC1)CN(C(=O)OCC1c3ccccc3-c3ccccc31)C2. The molecule has 6 rings (SSSR count). The van der Waals surface area contributed by atoms with Gasteiger partial charge in [-0.3, -0.25) is 0 Å². The zero-order valence-electron chi connectivity index (χ0n) is 20.2. The van der Waals surface area contributed by atoms with Crippen LogP contribution in [0.2, 0.25) is 0 Å². The number of likely N-dealkylation sites (tertiary alicyclic amines) is 1. The fourth-order valence-electron chi connectivity index (χ4n) is 6.16. The second kappa shape index (κ2) is 9.53. The number of carboxylic acids is 1. The van der Waals surface area contributed by atoms with E-state index in [0.29, 0.717) is 32.5 Å². The van der Waals surface area contributed by atoms with Gasteiger partial charge < -0.3 is 19.5 Å². The Labute approximate surface area is 227 Å². The highest BCUT2D eigenvalue weighted by Crippen LogP contribution is 2.52. The molecule has 1 spiro atoms. The van der Waals surface area contributed by atoms with Gasteiger partial charge in [0.25, 0.3) is 0 Å². The molecule has 192 valence electrons. The van der Waals surface area contributed by atoms with E-state index in [-0.39, 0.29) is 24.0 Å². The van der Waals surface area contributed by atoms with Crippen LogP contribution >= 0.6 is 27.3 Å². The highest BCUT2D eigenvalue weighted by atomic mass is 79.9. The number of ether oxygens (including phenoxy) is 2. The van der Waals surface area contributed by atoms with Crippen LogP contribution in [-0.2, 0) is 19.9 Å². The van der Waals surface area contributed by atoms with Gasteiger partial charge in [0.05, 0.1) is 0 Å². The van der Waals surface area contributed by atoms with Crippen LogP contribution in [0.25, 0.3) is 11.1 Å². The Morgan fingerprint density at radius 1 is 1.03 bits per heavy atom. The van der Waals surface area contributed by atoms with E-state index in [1.54, 1.807) is 4.90 Å². The average molecular weight is 584 g/mol. The Morgan fingerprint density at radius 2 is 1.65 bits per heavy atom. The van der Waals surface area contributed by atoms with Crippen LogP contribution in [0.5, 0.6) is 0 Å². The molecule has 3 aromatic rings. The van der Waals surface area contributed by atoms with Gasteiger partial charge >= 0.3 is 12.1 Å². The van der Waals surface area contributed by atoms with Crippen molar-refractivity contribution >= 4 is 39.3 Å². The van der Waals surface area contributed by atoms with Crippen LogP contribution in [0.1, 0.15) is 47.7 Å². The highest BCUT2D eigenvalue weighted by Gasteiger charge is 2.53. The van der Waals surface area contributed by atoms with Gasteiger partial charge in [0.2, 0.25) is 0 Å². The summed E-state index contributed by atoms with van der Waals surface area (Å²) >= 11 is 4.89. The van der Waals surface area contributed by atoms with Crippen LogP contribution in [0, 0.1) is 5.41 Å². The average Bonchev–Trinajstić information content (AvgIpc) is 3.47. The van der Waals surface area contributed by atoms with Crippen molar-refractivity contribution in [3.05, 3.63) is 74.6 Å². The van der Waals surface area contributed by atoms with E-state index in [2.05, 4.69) is 45.2 Å². The first-order valence-electron chi connectivity index (χ1n) is 12.5. The molecule has 1 aromatic heterocycles. The van der Waals surface area contributed by atoms with Gasteiger partial charge in [0.15, 0.2) is 0 Å². The molecule has 1 N–H and O–H groups in total. The van der Waals surface area contributed by atoms with Gasteiger partial charge in [-0.1, -0.05) is 48.5 Å². The first-order chi connectivity index (χ1) is 17.9. The minimum absolute atomic E-state index is 0.0240. The molecule has 37 heavy (non-hydrogen) atoms. The van der Waals surface area contributed by atoms with Crippen LogP contribution in [0.4, 0.5) is 4.79 Å². The smallest absolute Gasteiger partial charge is 0.409 e. The van der Waals surface area contributed by atoms with E-state index >= 15 is 0 Å². The van der Waals surface area contributed by atoms with E-state index in [4.69, 9.17) is 9.47 Å². The summed E-state index contributed by atoms with van der Waals surface area (Å²) in [6, 6.07) is 16.7. The maximum Gasteiger partial charge on any atom is 0.409 e. The van der Waals surface area contributed by atoms with Crippen molar-refractivity contribution in [1.29, 1.82) is 0 Å². The number of rotatable bonds is 6. The number of thiazole rings is 1. The minimum atomic E-state index is -0.986. The topological polar surface area (TPSA) is 89.0 Å². The lowest BCUT2D eigenvalue weighted by atomic mass is 9.64. The zero-order valence-corrected chi connectivity index (χ0v) is 22.6. The van der Waals surface area contributed by atoms with Gasteiger partial charge in [0, 0.05) is 29.8 Å². The van der Waals surface area contributed by atoms with Crippen molar-refractivity contribution in [2.75, 3.05) is 26.3 Å². The van der Waals surface area contributed by atoms with Gasteiger partial charge in [-0.15, -0.1) is 11.3 Å². The third-order valence-corrected chi connectivity index (χ3v) is 9.84. The minimum Gasteiger partial charge on any atom is -0.480 e. The van der Waals surface area contributed by atoms with Crippen molar-refractivity contribution in [1.82, 2.24) is 9.88 Å². The molecule has 2 aliphatic carbocycles. The Kier molecular flexibility index (Phi) is 6.33. The second-order valence-electron chi connectivity index (χ2n) is 10.3. The van der Waals surface area contributed by atoms with Crippen molar-refractivity contribution in [3.8, 4) is 11.1 Å². The molecular weight excluding hydrogens is 556 g/mol. The molecule has 1 saturated carbocycles. The number of nitrogens with zero attached hydrogens (tertiary/aromatic N) is 2. The lowest BCUT2D eigenvalue weighted by molar-refractivity contribution is -0.160. The molecule has 3 aliphatic rings. The molecular formula is C28H27BrN2O5S. The van der Waals surface area contributed by atoms with Gasteiger partial charge in [-0.2, -0.15) is 0 Å². The molecule has 0 unspecified atom stereocenters. The van der Waals surface area contributed by atoms with Crippen molar-refractivity contribution in [3.63, 3.8) is 0 Å². The monoisotopic (exact) mass is 582 g/mol.